The fraction of sp³-hybridized carbons (Fsp3) is 0.407. The molecule has 2 aromatic rings. The normalized spacial score (nSPS) is 22.5. The van der Waals surface area contributed by atoms with E-state index in [0.717, 1.165) is 27.8 Å². The minimum atomic E-state index is -0.305. The molecular formula is C27H30O5. The molecule has 0 amide bonds. The van der Waals surface area contributed by atoms with Gasteiger partial charge < -0.3 is 14.2 Å². The Hall–Kier alpha value is -3.08. The van der Waals surface area contributed by atoms with Crippen molar-refractivity contribution in [1.29, 1.82) is 0 Å². The molecule has 0 aromatic heterocycles. The van der Waals surface area contributed by atoms with Crippen LogP contribution in [-0.2, 0) is 14.3 Å². The van der Waals surface area contributed by atoms with Gasteiger partial charge in [0.2, 0.25) is 11.5 Å². The fourth-order valence-electron chi connectivity index (χ4n) is 4.76. The number of ether oxygens (including phenoxy) is 3. The van der Waals surface area contributed by atoms with Gasteiger partial charge in [0.25, 0.3) is 0 Å². The molecule has 0 N–H and O–H groups in total. The van der Waals surface area contributed by atoms with Crippen molar-refractivity contribution in [2.75, 3.05) is 0 Å². The zero-order valence-corrected chi connectivity index (χ0v) is 19.4. The second-order valence-corrected chi connectivity index (χ2v) is 9.11. The first-order chi connectivity index (χ1) is 15.2. The van der Waals surface area contributed by atoms with E-state index in [4.69, 9.17) is 14.2 Å². The standard InChI is InChI=1S/C27H30O5/c1-15-6-7-17(3)22(12-15)32-24-14-30-23-13-20(8-9-21(23)26(24)28)31-27(29)25-18(4)10-16(2)11-19(25)5/h6-7,10-12,14,20-21,23H,8-9,13H2,1-5H3. The van der Waals surface area contributed by atoms with Gasteiger partial charge in [-0.3, -0.25) is 4.79 Å². The van der Waals surface area contributed by atoms with E-state index in [2.05, 4.69) is 0 Å². The fourth-order valence-corrected chi connectivity index (χ4v) is 4.76. The SMILES string of the molecule is Cc1cc(C)c(C(=O)OC2CCC3C(=O)C(Oc4cc(C)ccc4C)=COC3C2)c(C)c1. The van der Waals surface area contributed by atoms with Crippen molar-refractivity contribution in [3.05, 3.63) is 75.7 Å². The Kier molecular flexibility index (Phi) is 6.09. The lowest BCUT2D eigenvalue weighted by atomic mass is 9.80. The van der Waals surface area contributed by atoms with Crippen molar-refractivity contribution in [3.8, 4) is 5.75 Å². The maximum atomic E-state index is 13.1. The maximum absolute atomic E-state index is 13.1. The first-order valence-corrected chi connectivity index (χ1v) is 11.2. The van der Waals surface area contributed by atoms with E-state index in [1.165, 1.54) is 6.26 Å². The van der Waals surface area contributed by atoms with Gasteiger partial charge in [0.05, 0.1) is 11.5 Å². The number of carbonyl (C=O) groups is 2. The van der Waals surface area contributed by atoms with Gasteiger partial charge in [0.15, 0.2) is 0 Å². The first-order valence-electron chi connectivity index (χ1n) is 11.2. The summed E-state index contributed by atoms with van der Waals surface area (Å²) in [6, 6.07) is 9.88. The number of carbonyl (C=O) groups excluding carboxylic acids is 2. The van der Waals surface area contributed by atoms with E-state index < -0.39 is 0 Å². The molecule has 0 bridgehead atoms. The van der Waals surface area contributed by atoms with Crippen LogP contribution in [0.4, 0.5) is 0 Å². The topological polar surface area (TPSA) is 61.8 Å². The zero-order valence-electron chi connectivity index (χ0n) is 19.4. The number of ketones is 1. The van der Waals surface area contributed by atoms with Gasteiger partial charge in [-0.2, -0.15) is 0 Å². The average molecular weight is 435 g/mol. The number of hydrogen-bond acceptors (Lipinski definition) is 5. The predicted octanol–water partition coefficient (Wildman–Crippen LogP) is 5.44. The van der Waals surface area contributed by atoms with Gasteiger partial charge in [0.1, 0.15) is 24.2 Å². The monoisotopic (exact) mass is 434 g/mol. The number of Topliss-reactive ketones (excluding diaryl/α,β-unsaturated/α-hetero) is 1. The number of hydrogen-bond donors (Lipinski definition) is 0. The highest BCUT2D eigenvalue weighted by molar-refractivity contribution is 5.97. The van der Waals surface area contributed by atoms with Gasteiger partial charge in [-0.25, -0.2) is 4.79 Å². The van der Waals surface area contributed by atoms with Crippen molar-refractivity contribution in [3.63, 3.8) is 0 Å². The predicted molar refractivity (Wildman–Crippen MR) is 122 cm³/mol. The van der Waals surface area contributed by atoms with Crippen molar-refractivity contribution in [1.82, 2.24) is 0 Å². The molecule has 1 heterocycles. The lowest BCUT2D eigenvalue weighted by Crippen LogP contribution is -2.43. The van der Waals surface area contributed by atoms with E-state index >= 15 is 0 Å². The van der Waals surface area contributed by atoms with E-state index in [1.807, 2.05) is 65.0 Å². The number of benzene rings is 2. The summed E-state index contributed by atoms with van der Waals surface area (Å²) >= 11 is 0. The largest absolute Gasteiger partial charge is 0.493 e. The molecule has 0 spiro atoms. The van der Waals surface area contributed by atoms with Crippen molar-refractivity contribution in [2.45, 2.75) is 66.1 Å². The smallest absolute Gasteiger partial charge is 0.338 e. The molecule has 2 aromatic carbocycles. The number of rotatable bonds is 4. The lowest BCUT2D eigenvalue weighted by Gasteiger charge is -2.37. The van der Waals surface area contributed by atoms with Crippen LogP contribution in [0.3, 0.4) is 0 Å². The molecule has 4 rings (SSSR count). The summed E-state index contributed by atoms with van der Waals surface area (Å²) in [5.74, 6) is 0.273. The molecule has 1 aliphatic heterocycles. The van der Waals surface area contributed by atoms with Gasteiger partial charge in [-0.1, -0.05) is 29.8 Å². The maximum Gasteiger partial charge on any atom is 0.338 e. The van der Waals surface area contributed by atoms with E-state index in [9.17, 15) is 9.59 Å². The molecule has 1 fully saturated rings. The minimum Gasteiger partial charge on any atom is -0.493 e. The second-order valence-electron chi connectivity index (χ2n) is 9.11. The minimum absolute atomic E-state index is 0.0443. The lowest BCUT2D eigenvalue weighted by molar-refractivity contribution is -0.132. The summed E-state index contributed by atoms with van der Waals surface area (Å²) in [5, 5.41) is 0. The van der Waals surface area contributed by atoms with Gasteiger partial charge in [-0.15, -0.1) is 0 Å². The van der Waals surface area contributed by atoms with Crippen LogP contribution in [0, 0.1) is 40.5 Å². The van der Waals surface area contributed by atoms with Crippen LogP contribution >= 0.6 is 0 Å². The van der Waals surface area contributed by atoms with E-state index in [0.29, 0.717) is 30.6 Å². The highest BCUT2D eigenvalue weighted by Gasteiger charge is 2.42. The number of fused-ring (bicyclic) bond motifs is 1. The highest BCUT2D eigenvalue weighted by atomic mass is 16.6. The van der Waals surface area contributed by atoms with Crippen LogP contribution in [0.15, 0.2) is 42.4 Å². The van der Waals surface area contributed by atoms with E-state index in [1.54, 1.807) is 0 Å². The molecule has 1 saturated carbocycles. The van der Waals surface area contributed by atoms with Crippen LogP contribution in [0.2, 0.25) is 0 Å². The zero-order chi connectivity index (χ0) is 23.0. The first kappa shape index (κ1) is 22.1. The molecule has 168 valence electrons. The van der Waals surface area contributed by atoms with Crippen LogP contribution in [-0.4, -0.2) is 24.0 Å². The van der Waals surface area contributed by atoms with Crippen LogP contribution in [0.5, 0.6) is 5.75 Å². The average Bonchev–Trinajstić information content (AvgIpc) is 2.72. The van der Waals surface area contributed by atoms with Crippen molar-refractivity contribution < 1.29 is 23.8 Å². The third kappa shape index (κ3) is 4.43. The summed E-state index contributed by atoms with van der Waals surface area (Å²) in [5.41, 5.74) is 5.61. The Morgan fingerprint density at radius 2 is 1.66 bits per heavy atom. The van der Waals surface area contributed by atoms with E-state index in [-0.39, 0.29) is 35.6 Å². The molecule has 0 radical (unpaired) electrons. The Balaban J connectivity index is 1.43. The molecule has 32 heavy (non-hydrogen) atoms. The van der Waals surface area contributed by atoms with Crippen LogP contribution < -0.4 is 4.74 Å². The third-order valence-electron chi connectivity index (χ3n) is 6.39. The molecule has 2 aliphatic rings. The molecule has 0 saturated heterocycles. The molecule has 3 atom stereocenters. The molecule has 5 heteroatoms. The molecule has 5 nitrogen and oxygen atoms in total. The van der Waals surface area contributed by atoms with Gasteiger partial charge in [0, 0.05) is 6.42 Å². The Labute approximate surface area is 189 Å². The third-order valence-corrected chi connectivity index (χ3v) is 6.39. The number of esters is 1. The quantitative estimate of drug-likeness (QED) is 0.600. The van der Waals surface area contributed by atoms with Gasteiger partial charge in [-0.05, 0) is 75.8 Å². The molecule has 3 unspecified atom stereocenters. The van der Waals surface area contributed by atoms with Crippen LogP contribution in [0.25, 0.3) is 0 Å². The Bertz CT molecular complexity index is 1070. The highest BCUT2D eigenvalue weighted by Crippen LogP contribution is 2.36. The van der Waals surface area contributed by atoms with Crippen molar-refractivity contribution in [2.24, 2.45) is 5.92 Å². The number of aryl methyl sites for hydroxylation is 5. The summed E-state index contributed by atoms with van der Waals surface area (Å²) in [7, 11) is 0. The Morgan fingerprint density at radius 3 is 2.38 bits per heavy atom. The summed E-state index contributed by atoms with van der Waals surface area (Å²) in [6.07, 6.45) is 2.57. The molecule has 1 aliphatic carbocycles. The second kappa shape index (κ2) is 8.81. The Morgan fingerprint density at radius 1 is 0.938 bits per heavy atom. The van der Waals surface area contributed by atoms with Crippen molar-refractivity contribution >= 4 is 11.8 Å². The summed E-state index contributed by atoms with van der Waals surface area (Å²) in [4.78, 5) is 25.9. The van der Waals surface area contributed by atoms with Gasteiger partial charge >= 0.3 is 5.97 Å². The number of allylic oxidation sites excluding steroid dienone is 1. The van der Waals surface area contributed by atoms with Crippen LogP contribution in [0.1, 0.15) is 57.4 Å². The summed E-state index contributed by atoms with van der Waals surface area (Å²) < 4.78 is 17.6. The molecular weight excluding hydrogens is 404 g/mol. The summed E-state index contributed by atoms with van der Waals surface area (Å²) in [6.45, 7) is 9.80.